The molecular formula is C12H22N2. The van der Waals surface area contributed by atoms with Crippen molar-refractivity contribution < 1.29 is 0 Å². The lowest BCUT2D eigenvalue weighted by Gasteiger charge is -2.20. The Morgan fingerprint density at radius 3 is 1.86 bits per heavy atom. The van der Waals surface area contributed by atoms with Gasteiger partial charge in [0.05, 0.1) is 11.9 Å². The molecule has 14 heavy (non-hydrogen) atoms. The van der Waals surface area contributed by atoms with E-state index in [0.717, 1.165) is 17.7 Å². The largest absolute Gasteiger partial charge is 0.387 e. The SMILES string of the molecule is CC(C)(C)C(N)=NC(C1CC1)C1CC1. The fourth-order valence-electron chi connectivity index (χ4n) is 1.83. The number of aliphatic imine (C=N–C) groups is 1. The Balaban J connectivity index is 2.04. The number of nitrogens with zero attached hydrogens (tertiary/aromatic N) is 1. The summed E-state index contributed by atoms with van der Waals surface area (Å²) in [5, 5.41) is 0. The molecule has 2 N–H and O–H groups in total. The van der Waals surface area contributed by atoms with Gasteiger partial charge >= 0.3 is 0 Å². The Morgan fingerprint density at radius 2 is 1.57 bits per heavy atom. The highest BCUT2D eigenvalue weighted by atomic mass is 14.9. The third kappa shape index (κ3) is 2.28. The number of hydrogen-bond donors (Lipinski definition) is 1. The van der Waals surface area contributed by atoms with Gasteiger partial charge in [0, 0.05) is 5.41 Å². The summed E-state index contributed by atoms with van der Waals surface area (Å²) in [6.45, 7) is 6.42. The van der Waals surface area contributed by atoms with Crippen LogP contribution in [0.15, 0.2) is 4.99 Å². The summed E-state index contributed by atoms with van der Waals surface area (Å²) in [6.07, 6.45) is 5.51. The molecule has 0 radical (unpaired) electrons. The Morgan fingerprint density at radius 1 is 1.14 bits per heavy atom. The summed E-state index contributed by atoms with van der Waals surface area (Å²) in [7, 11) is 0. The van der Waals surface area contributed by atoms with Gasteiger partial charge in [-0.25, -0.2) is 0 Å². The number of hydrogen-bond acceptors (Lipinski definition) is 1. The molecule has 2 rings (SSSR count). The van der Waals surface area contributed by atoms with Crippen molar-refractivity contribution >= 4 is 5.84 Å². The average molecular weight is 194 g/mol. The van der Waals surface area contributed by atoms with E-state index in [1.54, 1.807) is 0 Å². The number of nitrogens with two attached hydrogens (primary N) is 1. The summed E-state index contributed by atoms with van der Waals surface area (Å²) >= 11 is 0. The quantitative estimate of drug-likeness (QED) is 0.544. The lowest BCUT2D eigenvalue weighted by Crippen LogP contribution is -2.31. The van der Waals surface area contributed by atoms with Gasteiger partial charge in [-0.3, -0.25) is 4.99 Å². The summed E-state index contributed by atoms with van der Waals surface area (Å²) in [4.78, 5) is 4.77. The van der Waals surface area contributed by atoms with Crippen LogP contribution >= 0.6 is 0 Å². The van der Waals surface area contributed by atoms with Gasteiger partial charge < -0.3 is 5.73 Å². The van der Waals surface area contributed by atoms with Gasteiger partial charge in [0.2, 0.25) is 0 Å². The molecule has 0 amide bonds. The summed E-state index contributed by atoms with van der Waals surface area (Å²) in [5.41, 5.74) is 6.08. The van der Waals surface area contributed by atoms with Crippen molar-refractivity contribution in [3.63, 3.8) is 0 Å². The normalized spacial score (nSPS) is 24.4. The molecule has 0 aromatic rings. The molecule has 2 saturated carbocycles. The van der Waals surface area contributed by atoms with Crippen molar-refractivity contribution in [3.8, 4) is 0 Å². The van der Waals surface area contributed by atoms with E-state index in [2.05, 4.69) is 20.8 Å². The highest BCUT2D eigenvalue weighted by molar-refractivity contribution is 5.85. The van der Waals surface area contributed by atoms with E-state index >= 15 is 0 Å². The van der Waals surface area contributed by atoms with E-state index in [1.165, 1.54) is 25.7 Å². The first-order valence-electron chi connectivity index (χ1n) is 5.82. The lowest BCUT2D eigenvalue weighted by molar-refractivity contribution is 0.511. The zero-order valence-electron chi connectivity index (χ0n) is 9.59. The Labute approximate surface area is 87.0 Å². The zero-order chi connectivity index (χ0) is 10.3. The topological polar surface area (TPSA) is 38.4 Å². The standard InChI is InChI=1S/C12H22N2/c1-12(2,3)11(13)14-10(8-4-5-8)9-6-7-9/h8-10H,4-7H2,1-3H3,(H2,13,14). The maximum atomic E-state index is 6.03. The molecule has 0 aromatic carbocycles. The molecular weight excluding hydrogens is 172 g/mol. The van der Waals surface area contributed by atoms with Crippen molar-refractivity contribution in [2.75, 3.05) is 0 Å². The van der Waals surface area contributed by atoms with E-state index < -0.39 is 0 Å². The molecule has 0 aliphatic heterocycles. The van der Waals surface area contributed by atoms with Crippen LogP contribution in [-0.4, -0.2) is 11.9 Å². The van der Waals surface area contributed by atoms with Gasteiger partial charge in [0.25, 0.3) is 0 Å². The molecule has 0 unspecified atom stereocenters. The van der Waals surface area contributed by atoms with E-state index in [-0.39, 0.29) is 5.41 Å². The van der Waals surface area contributed by atoms with Crippen molar-refractivity contribution in [1.29, 1.82) is 0 Å². The van der Waals surface area contributed by atoms with E-state index in [4.69, 9.17) is 10.7 Å². The molecule has 0 spiro atoms. The first kappa shape index (κ1) is 10.0. The first-order chi connectivity index (χ1) is 6.48. The minimum absolute atomic E-state index is 0.0437. The molecule has 0 aromatic heterocycles. The van der Waals surface area contributed by atoms with Crippen LogP contribution in [0.25, 0.3) is 0 Å². The van der Waals surface area contributed by atoms with Gasteiger partial charge in [0.1, 0.15) is 0 Å². The second-order valence-corrected chi connectivity index (χ2v) is 5.93. The Bertz CT molecular complexity index is 230. The molecule has 2 heteroatoms. The van der Waals surface area contributed by atoms with Crippen molar-refractivity contribution in [3.05, 3.63) is 0 Å². The van der Waals surface area contributed by atoms with Crippen LogP contribution < -0.4 is 5.73 Å². The smallest absolute Gasteiger partial charge is 0.0995 e. The molecule has 2 aliphatic carbocycles. The predicted molar refractivity (Wildman–Crippen MR) is 60.3 cm³/mol. The van der Waals surface area contributed by atoms with Crippen molar-refractivity contribution in [2.45, 2.75) is 52.5 Å². The van der Waals surface area contributed by atoms with Crippen LogP contribution in [0.2, 0.25) is 0 Å². The highest BCUT2D eigenvalue weighted by Gasteiger charge is 2.41. The molecule has 2 fully saturated rings. The maximum Gasteiger partial charge on any atom is 0.0995 e. The van der Waals surface area contributed by atoms with Crippen LogP contribution in [0.4, 0.5) is 0 Å². The number of rotatable bonds is 3. The molecule has 2 nitrogen and oxygen atoms in total. The highest BCUT2D eigenvalue weighted by Crippen LogP contribution is 2.46. The summed E-state index contributed by atoms with van der Waals surface area (Å²) < 4.78 is 0. The van der Waals surface area contributed by atoms with Crippen LogP contribution in [0.1, 0.15) is 46.5 Å². The van der Waals surface area contributed by atoms with Gasteiger partial charge in [-0.2, -0.15) is 0 Å². The lowest BCUT2D eigenvalue weighted by atomic mass is 9.95. The van der Waals surface area contributed by atoms with E-state index in [0.29, 0.717) is 6.04 Å². The Kier molecular flexibility index (Phi) is 2.32. The molecule has 0 atom stereocenters. The second-order valence-electron chi connectivity index (χ2n) is 5.93. The van der Waals surface area contributed by atoms with Crippen LogP contribution in [-0.2, 0) is 0 Å². The molecule has 0 heterocycles. The van der Waals surface area contributed by atoms with E-state index in [1.807, 2.05) is 0 Å². The fraction of sp³-hybridized carbons (Fsp3) is 0.917. The Hall–Kier alpha value is -0.530. The van der Waals surface area contributed by atoms with Gasteiger partial charge in [-0.05, 0) is 37.5 Å². The minimum atomic E-state index is 0.0437. The molecule has 2 aliphatic rings. The first-order valence-corrected chi connectivity index (χ1v) is 5.82. The zero-order valence-corrected chi connectivity index (χ0v) is 9.59. The van der Waals surface area contributed by atoms with Gasteiger partial charge in [0.15, 0.2) is 0 Å². The van der Waals surface area contributed by atoms with Crippen molar-refractivity contribution in [2.24, 2.45) is 28.0 Å². The third-order valence-electron chi connectivity index (χ3n) is 3.27. The third-order valence-corrected chi connectivity index (χ3v) is 3.27. The van der Waals surface area contributed by atoms with E-state index in [9.17, 15) is 0 Å². The van der Waals surface area contributed by atoms with Gasteiger partial charge in [-0.15, -0.1) is 0 Å². The summed E-state index contributed by atoms with van der Waals surface area (Å²) in [5.74, 6) is 2.58. The molecule has 80 valence electrons. The predicted octanol–water partition coefficient (Wildman–Crippen LogP) is 2.58. The van der Waals surface area contributed by atoms with Crippen LogP contribution in [0.3, 0.4) is 0 Å². The second kappa shape index (κ2) is 3.25. The molecule has 0 bridgehead atoms. The summed E-state index contributed by atoms with van der Waals surface area (Å²) in [6, 6.07) is 0.564. The van der Waals surface area contributed by atoms with Crippen LogP contribution in [0, 0.1) is 17.3 Å². The van der Waals surface area contributed by atoms with Gasteiger partial charge in [-0.1, -0.05) is 20.8 Å². The number of amidine groups is 1. The fourth-order valence-corrected chi connectivity index (χ4v) is 1.83. The molecule has 0 saturated heterocycles. The average Bonchev–Trinajstić information content (AvgIpc) is 2.90. The minimum Gasteiger partial charge on any atom is -0.387 e. The monoisotopic (exact) mass is 194 g/mol. The maximum absolute atomic E-state index is 6.03. The van der Waals surface area contributed by atoms with Crippen LogP contribution in [0.5, 0.6) is 0 Å². The van der Waals surface area contributed by atoms with Crippen molar-refractivity contribution in [1.82, 2.24) is 0 Å².